The fourth-order valence-electron chi connectivity index (χ4n) is 1.40. The van der Waals surface area contributed by atoms with Gasteiger partial charge in [-0.05, 0) is 36.4 Å². The molecule has 0 aliphatic rings. The maximum Gasteiger partial charge on any atom is 0.261 e. The Morgan fingerprint density at radius 1 is 0.889 bits per heavy atom. The molecule has 0 radical (unpaired) electrons. The second-order valence-electron chi connectivity index (χ2n) is 3.57. The normalized spacial score (nSPS) is 11.2. The summed E-state index contributed by atoms with van der Waals surface area (Å²) in [6, 6.07) is 9.58. The third kappa shape index (κ3) is 2.84. The van der Waals surface area contributed by atoms with Crippen molar-refractivity contribution in [2.24, 2.45) is 0 Å². The summed E-state index contributed by atoms with van der Waals surface area (Å²) in [7, 11) is -3.91. The first-order chi connectivity index (χ1) is 8.47. The fourth-order valence-corrected chi connectivity index (χ4v) is 2.48. The van der Waals surface area contributed by atoms with Crippen LogP contribution in [-0.2, 0) is 10.0 Å². The molecule has 0 aliphatic heterocycles. The summed E-state index contributed by atoms with van der Waals surface area (Å²) < 4.78 is 51.8. The van der Waals surface area contributed by atoms with Crippen molar-refractivity contribution in [3.8, 4) is 0 Å². The number of benzene rings is 2. The van der Waals surface area contributed by atoms with Crippen molar-refractivity contribution in [2.75, 3.05) is 4.72 Å². The molecule has 0 unspecified atom stereocenters. The summed E-state index contributed by atoms with van der Waals surface area (Å²) in [5.74, 6) is -1.22. The Bertz CT molecular complexity index is 671. The number of hydrogen-bond donors (Lipinski definition) is 1. The van der Waals surface area contributed by atoms with Crippen LogP contribution in [0.2, 0.25) is 0 Å². The van der Waals surface area contributed by atoms with E-state index in [9.17, 15) is 17.2 Å². The van der Waals surface area contributed by atoms with Crippen molar-refractivity contribution in [1.82, 2.24) is 0 Å². The molecular weight excluding hydrogens is 260 g/mol. The van der Waals surface area contributed by atoms with Crippen LogP contribution in [0, 0.1) is 11.6 Å². The maximum absolute atomic E-state index is 12.9. The number of halogens is 2. The molecule has 0 heterocycles. The minimum atomic E-state index is -3.91. The number of rotatable bonds is 3. The molecule has 2 aromatic rings. The van der Waals surface area contributed by atoms with E-state index in [0.29, 0.717) is 0 Å². The molecule has 3 nitrogen and oxygen atoms in total. The molecule has 0 bridgehead atoms. The molecule has 0 saturated heterocycles. The zero-order valence-corrected chi connectivity index (χ0v) is 9.92. The topological polar surface area (TPSA) is 46.2 Å². The number of nitrogens with one attached hydrogen (secondary N) is 1. The predicted octanol–water partition coefficient (Wildman–Crippen LogP) is 2.77. The van der Waals surface area contributed by atoms with Crippen LogP contribution in [0.15, 0.2) is 53.4 Å². The molecule has 2 rings (SSSR count). The van der Waals surface area contributed by atoms with Crippen molar-refractivity contribution in [1.29, 1.82) is 0 Å². The second-order valence-corrected chi connectivity index (χ2v) is 5.26. The molecule has 94 valence electrons. The molecule has 0 aliphatic carbocycles. The van der Waals surface area contributed by atoms with Gasteiger partial charge in [0.05, 0.1) is 10.6 Å². The van der Waals surface area contributed by atoms with E-state index in [1.807, 2.05) is 0 Å². The molecule has 1 N–H and O–H groups in total. The highest BCUT2D eigenvalue weighted by Gasteiger charge is 2.14. The Balaban J connectivity index is 2.33. The van der Waals surface area contributed by atoms with E-state index in [1.165, 1.54) is 30.3 Å². The third-order valence-electron chi connectivity index (χ3n) is 2.18. The van der Waals surface area contributed by atoms with Gasteiger partial charge in [-0.3, -0.25) is 4.72 Å². The minimum absolute atomic E-state index is 0.0826. The quantitative estimate of drug-likeness (QED) is 0.931. The standard InChI is InChI=1S/C12H9F2NO2S/c13-9-3-1-5-11(7-9)15-18(16,17)12-6-2-4-10(14)8-12/h1-8,15H. The predicted molar refractivity (Wildman–Crippen MR) is 63.6 cm³/mol. The number of hydrogen-bond acceptors (Lipinski definition) is 2. The van der Waals surface area contributed by atoms with Crippen molar-refractivity contribution in [3.05, 3.63) is 60.2 Å². The Hall–Kier alpha value is -1.95. The summed E-state index contributed by atoms with van der Waals surface area (Å²) in [5, 5.41) is 0. The van der Waals surface area contributed by atoms with Crippen LogP contribution in [-0.4, -0.2) is 8.42 Å². The molecule has 18 heavy (non-hydrogen) atoms. The van der Waals surface area contributed by atoms with E-state index in [0.717, 1.165) is 18.2 Å². The molecule has 0 aromatic heterocycles. The zero-order chi connectivity index (χ0) is 13.2. The van der Waals surface area contributed by atoms with Gasteiger partial charge in [0.15, 0.2) is 0 Å². The van der Waals surface area contributed by atoms with Gasteiger partial charge in [-0.2, -0.15) is 0 Å². The van der Waals surface area contributed by atoms with Crippen LogP contribution < -0.4 is 4.72 Å². The third-order valence-corrected chi connectivity index (χ3v) is 3.56. The Morgan fingerprint density at radius 2 is 1.50 bits per heavy atom. The minimum Gasteiger partial charge on any atom is -0.280 e. The maximum atomic E-state index is 12.9. The lowest BCUT2D eigenvalue weighted by Crippen LogP contribution is -2.13. The first-order valence-corrected chi connectivity index (χ1v) is 6.50. The first-order valence-electron chi connectivity index (χ1n) is 5.01. The van der Waals surface area contributed by atoms with Crippen molar-refractivity contribution in [2.45, 2.75) is 4.90 Å². The molecule has 6 heteroatoms. The summed E-state index contributed by atoms with van der Waals surface area (Å²) in [4.78, 5) is -0.216. The Kier molecular flexibility index (Phi) is 3.29. The van der Waals surface area contributed by atoms with Gasteiger partial charge in [0, 0.05) is 0 Å². The monoisotopic (exact) mass is 269 g/mol. The zero-order valence-electron chi connectivity index (χ0n) is 9.10. The lowest BCUT2D eigenvalue weighted by atomic mass is 10.3. The van der Waals surface area contributed by atoms with Gasteiger partial charge in [-0.15, -0.1) is 0 Å². The van der Waals surface area contributed by atoms with Crippen LogP contribution in [0.1, 0.15) is 0 Å². The molecule has 0 spiro atoms. The van der Waals surface area contributed by atoms with E-state index >= 15 is 0 Å². The molecule has 0 amide bonds. The van der Waals surface area contributed by atoms with Crippen LogP contribution in [0.5, 0.6) is 0 Å². The largest absolute Gasteiger partial charge is 0.280 e. The van der Waals surface area contributed by atoms with E-state index in [2.05, 4.69) is 4.72 Å². The van der Waals surface area contributed by atoms with E-state index in [-0.39, 0.29) is 10.6 Å². The van der Waals surface area contributed by atoms with E-state index in [4.69, 9.17) is 0 Å². The smallest absolute Gasteiger partial charge is 0.261 e. The summed E-state index contributed by atoms with van der Waals surface area (Å²) >= 11 is 0. The van der Waals surface area contributed by atoms with Crippen molar-refractivity contribution >= 4 is 15.7 Å². The van der Waals surface area contributed by atoms with Crippen LogP contribution in [0.4, 0.5) is 14.5 Å². The van der Waals surface area contributed by atoms with Gasteiger partial charge in [-0.1, -0.05) is 12.1 Å². The second kappa shape index (κ2) is 4.73. The molecular formula is C12H9F2NO2S. The summed E-state index contributed by atoms with van der Waals surface area (Å²) in [6.45, 7) is 0. The first kappa shape index (κ1) is 12.5. The van der Waals surface area contributed by atoms with Crippen LogP contribution in [0.3, 0.4) is 0 Å². The number of sulfonamides is 1. The average Bonchev–Trinajstić information content (AvgIpc) is 2.28. The molecule has 0 atom stereocenters. The summed E-state index contributed by atoms with van der Waals surface area (Å²) in [6.07, 6.45) is 0. The lowest BCUT2D eigenvalue weighted by Gasteiger charge is -2.07. The SMILES string of the molecule is O=S(=O)(Nc1cccc(F)c1)c1cccc(F)c1. The molecule has 0 fully saturated rings. The highest BCUT2D eigenvalue weighted by Crippen LogP contribution is 2.17. The number of anilines is 1. The van der Waals surface area contributed by atoms with Crippen molar-refractivity contribution < 1.29 is 17.2 Å². The van der Waals surface area contributed by atoms with Gasteiger partial charge in [-0.25, -0.2) is 17.2 Å². The van der Waals surface area contributed by atoms with Gasteiger partial charge in [0.25, 0.3) is 10.0 Å². The Labute approximate surface area is 103 Å². The molecule has 2 aromatic carbocycles. The fraction of sp³-hybridized carbons (Fsp3) is 0. The molecule has 0 saturated carbocycles. The van der Waals surface area contributed by atoms with Gasteiger partial charge in [0.1, 0.15) is 11.6 Å². The van der Waals surface area contributed by atoms with Crippen LogP contribution in [0.25, 0.3) is 0 Å². The Morgan fingerprint density at radius 3 is 2.11 bits per heavy atom. The van der Waals surface area contributed by atoms with E-state index < -0.39 is 21.7 Å². The summed E-state index contributed by atoms with van der Waals surface area (Å²) in [5.41, 5.74) is 0.0826. The van der Waals surface area contributed by atoms with Gasteiger partial charge >= 0.3 is 0 Å². The van der Waals surface area contributed by atoms with Gasteiger partial charge < -0.3 is 0 Å². The highest BCUT2D eigenvalue weighted by atomic mass is 32.2. The van der Waals surface area contributed by atoms with Gasteiger partial charge in [0.2, 0.25) is 0 Å². The highest BCUT2D eigenvalue weighted by molar-refractivity contribution is 7.92. The average molecular weight is 269 g/mol. The van der Waals surface area contributed by atoms with E-state index in [1.54, 1.807) is 0 Å². The lowest BCUT2D eigenvalue weighted by molar-refractivity contribution is 0.595. The van der Waals surface area contributed by atoms with Crippen molar-refractivity contribution in [3.63, 3.8) is 0 Å². The van der Waals surface area contributed by atoms with Crippen LogP contribution >= 0.6 is 0 Å².